The molecule has 14 heavy (non-hydrogen) atoms. The summed E-state index contributed by atoms with van der Waals surface area (Å²) in [5.41, 5.74) is 5.18. The van der Waals surface area contributed by atoms with Gasteiger partial charge in [0.15, 0.2) is 0 Å². The SMILES string of the molecule is NC(=O)C1CCN(C(=O)CCCl)CC1. The Morgan fingerprint density at radius 2 is 1.93 bits per heavy atom. The van der Waals surface area contributed by atoms with Gasteiger partial charge in [0.25, 0.3) is 0 Å². The summed E-state index contributed by atoms with van der Waals surface area (Å²) >= 11 is 5.47. The predicted octanol–water partition coefficient (Wildman–Crippen LogP) is 0.339. The number of carbonyl (C=O) groups excluding carboxylic acids is 2. The van der Waals surface area contributed by atoms with E-state index in [1.807, 2.05) is 0 Å². The lowest BCUT2D eigenvalue weighted by molar-refractivity contribution is -0.134. The van der Waals surface area contributed by atoms with Crippen molar-refractivity contribution in [1.29, 1.82) is 0 Å². The summed E-state index contributed by atoms with van der Waals surface area (Å²) in [6, 6.07) is 0. The molecule has 1 aliphatic rings. The maximum Gasteiger partial charge on any atom is 0.223 e. The molecule has 1 heterocycles. The lowest BCUT2D eigenvalue weighted by Crippen LogP contribution is -2.41. The number of amides is 2. The lowest BCUT2D eigenvalue weighted by atomic mass is 9.96. The van der Waals surface area contributed by atoms with Crippen LogP contribution in [0.15, 0.2) is 0 Å². The zero-order valence-corrected chi connectivity index (χ0v) is 8.79. The van der Waals surface area contributed by atoms with Crippen LogP contribution in [0.25, 0.3) is 0 Å². The van der Waals surface area contributed by atoms with Crippen LogP contribution in [0.4, 0.5) is 0 Å². The topological polar surface area (TPSA) is 63.4 Å². The monoisotopic (exact) mass is 218 g/mol. The van der Waals surface area contributed by atoms with Crippen molar-refractivity contribution in [3.63, 3.8) is 0 Å². The highest BCUT2D eigenvalue weighted by Gasteiger charge is 2.25. The highest BCUT2D eigenvalue weighted by molar-refractivity contribution is 6.18. The summed E-state index contributed by atoms with van der Waals surface area (Å²) in [7, 11) is 0. The van der Waals surface area contributed by atoms with Gasteiger partial charge in [0.05, 0.1) is 0 Å². The van der Waals surface area contributed by atoms with Gasteiger partial charge in [-0.2, -0.15) is 0 Å². The fourth-order valence-electron chi connectivity index (χ4n) is 1.65. The molecule has 1 rings (SSSR count). The van der Waals surface area contributed by atoms with E-state index >= 15 is 0 Å². The van der Waals surface area contributed by atoms with Crippen molar-refractivity contribution in [3.05, 3.63) is 0 Å². The van der Waals surface area contributed by atoms with Crippen molar-refractivity contribution in [2.24, 2.45) is 11.7 Å². The Kier molecular flexibility index (Phi) is 4.20. The van der Waals surface area contributed by atoms with Crippen LogP contribution in [-0.4, -0.2) is 35.7 Å². The molecule has 0 aromatic heterocycles. The van der Waals surface area contributed by atoms with Gasteiger partial charge in [0.1, 0.15) is 0 Å². The van der Waals surface area contributed by atoms with Gasteiger partial charge in [0, 0.05) is 31.3 Å². The number of rotatable bonds is 3. The molecule has 2 amide bonds. The molecule has 0 aromatic carbocycles. The average molecular weight is 219 g/mol. The van der Waals surface area contributed by atoms with Crippen molar-refractivity contribution >= 4 is 23.4 Å². The van der Waals surface area contributed by atoms with Gasteiger partial charge in [-0.1, -0.05) is 0 Å². The molecule has 1 aliphatic heterocycles. The molecule has 0 spiro atoms. The number of hydrogen-bond acceptors (Lipinski definition) is 2. The second kappa shape index (κ2) is 5.20. The van der Waals surface area contributed by atoms with Gasteiger partial charge in [-0.25, -0.2) is 0 Å². The Morgan fingerprint density at radius 1 is 1.36 bits per heavy atom. The van der Waals surface area contributed by atoms with E-state index in [9.17, 15) is 9.59 Å². The Hall–Kier alpha value is -0.770. The number of primary amides is 1. The maximum absolute atomic E-state index is 11.4. The molecule has 1 saturated heterocycles. The van der Waals surface area contributed by atoms with E-state index in [0.29, 0.717) is 38.2 Å². The molecule has 2 N–H and O–H groups in total. The Morgan fingerprint density at radius 3 is 2.36 bits per heavy atom. The summed E-state index contributed by atoms with van der Waals surface area (Å²) in [5, 5.41) is 0. The van der Waals surface area contributed by atoms with Crippen molar-refractivity contribution in [1.82, 2.24) is 4.90 Å². The number of nitrogens with zero attached hydrogens (tertiary/aromatic N) is 1. The van der Waals surface area contributed by atoms with E-state index in [1.54, 1.807) is 4.90 Å². The van der Waals surface area contributed by atoms with Crippen molar-refractivity contribution < 1.29 is 9.59 Å². The van der Waals surface area contributed by atoms with Crippen molar-refractivity contribution in [2.75, 3.05) is 19.0 Å². The first kappa shape index (κ1) is 11.3. The van der Waals surface area contributed by atoms with Crippen LogP contribution in [0.2, 0.25) is 0 Å². The minimum Gasteiger partial charge on any atom is -0.369 e. The minimum absolute atomic E-state index is 0.0601. The van der Waals surface area contributed by atoms with Gasteiger partial charge in [0.2, 0.25) is 11.8 Å². The van der Waals surface area contributed by atoms with Gasteiger partial charge in [-0.3, -0.25) is 9.59 Å². The normalized spacial score (nSPS) is 18.2. The van der Waals surface area contributed by atoms with Gasteiger partial charge < -0.3 is 10.6 Å². The van der Waals surface area contributed by atoms with Crippen LogP contribution in [0.5, 0.6) is 0 Å². The Labute approximate surface area is 88.4 Å². The predicted molar refractivity (Wildman–Crippen MR) is 53.8 cm³/mol. The zero-order valence-electron chi connectivity index (χ0n) is 8.04. The maximum atomic E-state index is 11.4. The quantitative estimate of drug-likeness (QED) is 0.695. The summed E-state index contributed by atoms with van der Waals surface area (Å²) < 4.78 is 0. The molecular weight excluding hydrogens is 204 g/mol. The molecule has 4 nitrogen and oxygen atoms in total. The Bertz CT molecular complexity index is 225. The number of nitrogens with two attached hydrogens (primary N) is 1. The zero-order chi connectivity index (χ0) is 10.6. The molecule has 0 aliphatic carbocycles. The van der Waals surface area contributed by atoms with Gasteiger partial charge >= 0.3 is 0 Å². The number of likely N-dealkylation sites (tertiary alicyclic amines) is 1. The van der Waals surface area contributed by atoms with Crippen LogP contribution >= 0.6 is 11.6 Å². The lowest BCUT2D eigenvalue weighted by Gasteiger charge is -2.30. The highest BCUT2D eigenvalue weighted by atomic mass is 35.5. The van der Waals surface area contributed by atoms with E-state index in [1.165, 1.54) is 0 Å². The summed E-state index contributed by atoms with van der Waals surface area (Å²) in [4.78, 5) is 24.0. The van der Waals surface area contributed by atoms with Crippen LogP contribution in [-0.2, 0) is 9.59 Å². The fraction of sp³-hybridized carbons (Fsp3) is 0.778. The van der Waals surface area contributed by atoms with E-state index in [2.05, 4.69) is 0 Å². The third kappa shape index (κ3) is 2.87. The number of hydrogen-bond donors (Lipinski definition) is 1. The largest absolute Gasteiger partial charge is 0.369 e. The smallest absolute Gasteiger partial charge is 0.223 e. The molecule has 0 unspecified atom stereocenters. The molecule has 80 valence electrons. The summed E-state index contributed by atoms with van der Waals surface area (Å²) in [6.45, 7) is 1.26. The first-order valence-electron chi connectivity index (χ1n) is 4.78. The number of carbonyl (C=O) groups is 2. The first-order valence-corrected chi connectivity index (χ1v) is 5.31. The van der Waals surface area contributed by atoms with Crippen LogP contribution < -0.4 is 5.73 Å². The third-order valence-electron chi connectivity index (χ3n) is 2.56. The Balaban J connectivity index is 2.35. The fourth-order valence-corrected chi connectivity index (χ4v) is 1.81. The van der Waals surface area contributed by atoms with Crippen molar-refractivity contribution in [2.45, 2.75) is 19.3 Å². The molecule has 0 atom stereocenters. The van der Waals surface area contributed by atoms with E-state index < -0.39 is 0 Å². The molecule has 0 aromatic rings. The first-order chi connectivity index (χ1) is 6.65. The summed E-state index contributed by atoms with van der Waals surface area (Å²) in [6.07, 6.45) is 1.75. The van der Waals surface area contributed by atoms with Crippen LogP contribution in [0.1, 0.15) is 19.3 Å². The number of piperidine rings is 1. The molecule has 0 saturated carbocycles. The molecule has 1 fully saturated rings. The molecule has 0 bridgehead atoms. The minimum atomic E-state index is -0.255. The van der Waals surface area contributed by atoms with E-state index in [-0.39, 0.29) is 17.7 Å². The highest BCUT2D eigenvalue weighted by Crippen LogP contribution is 2.17. The second-order valence-electron chi connectivity index (χ2n) is 3.50. The molecular formula is C9H15ClN2O2. The van der Waals surface area contributed by atoms with Crippen LogP contribution in [0.3, 0.4) is 0 Å². The van der Waals surface area contributed by atoms with E-state index in [4.69, 9.17) is 17.3 Å². The average Bonchev–Trinajstić information content (AvgIpc) is 2.18. The van der Waals surface area contributed by atoms with Crippen molar-refractivity contribution in [3.8, 4) is 0 Å². The van der Waals surface area contributed by atoms with E-state index in [0.717, 1.165) is 0 Å². The molecule has 5 heteroatoms. The third-order valence-corrected chi connectivity index (χ3v) is 2.75. The number of halogens is 1. The standard InChI is InChI=1S/C9H15ClN2O2/c10-4-1-8(13)12-5-2-7(3-6-12)9(11)14/h7H,1-6H2,(H2,11,14). The molecule has 0 radical (unpaired) electrons. The second-order valence-corrected chi connectivity index (χ2v) is 3.87. The summed E-state index contributed by atoms with van der Waals surface area (Å²) in [5.74, 6) is 0.113. The van der Waals surface area contributed by atoms with Gasteiger partial charge in [-0.05, 0) is 12.8 Å². The van der Waals surface area contributed by atoms with Gasteiger partial charge in [-0.15, -0.1) is 11.6 Å². The number of alkyl halides is 1. The van der Waals surface area contributed by atoms with Crippen LogP contribution in [0, 0.1) is 5.92 Å².